The molecule has 0 aliphatic carbocycles. The van der Waals surface area contributed by atoms with Crippen molar-refractivity contribution < 1.29 is 4.79 Å². The fraction of sp³-hybridized carbons (Fsp3) is 0.429. The second kappa shape index (κ2) is 7.83. The van der Waals surface area contributed by atoms with Gasteiger partial charge in [0.25, 0.3) is 5.91 Å². The number of anilines is 1. The zero-order chi connectivity index (χ0) is 19.7. The molecular weight excluding hydrogens is 370 g/mol. The Morgan fingerprint density at radius 1 is 1.32 bits per heavy atom. The summed E-state index contributed by atoms with van der Waals surface area (Å²) in [4.78, 5) is 30.1. The maximum absolute atomic E-state index is 13.1. The third kappa shape index (κ3) is 3.71. The lowest BCUT2D eigenvalue weighted by molar-refractivity contribution is 0.0687. The molecule has 1 fully saturated rings. The Hall–Kier alpha value is -2.54. The Bertz CT molecular complexity index is 1020. The fourth-order valence-corrected chi connectivity index (χ4v) is 4.92. The highest BCUT2D eigenvalue weighted by atomic mass is 32.1. The number of carbonyl (C=O) groups is 1. The second-order valence-electron chi connectivity index (χ2n) is 7.58. The van der Waals surface area contributed by atoms with Crippen LogP contribution in [-0.2, 0) is 6.54 Å². The van der Waals surface area contributed by atoms with Gasteiger partial charge in [-0.25, -0.2) is 9.97 Å². The number of nitrogens with one attached hydrogen (secondary N) is 1. The van der Waals surface area contributed by atoms with Crippen LogP contribution in [0.2, 0.25) is 0 Å². The summed E-state index contributed by atoms with van der Waals surface area (Å²) in [6.45, 7) is 8.45. The topological polar surface area (TPSA) is 71.0 Å². The number of likely N-dealkylation sites (tertiary alicyclic amines) is 1. The number of amides is 1. The van der Waals surface area contributed by atoms with Crippen molar-refractivity contribution in [3.63, 3.8) is 0 Å². The molecule has 6 nitrogen and oxygen atoms in total. The zero-order valence-corrected chi connectivity index (χ0v) is 17.3. The molecule has 0 spiro atoms. The molecule has 0 aromatic carbocycles. The van der Waals surface area contributed by atoms with Gasteiger partial charge >= 0.3 is 0 Å². The Kier molecular flexibility index (Phi) is 5.26. The van der Waals surface area contributed by atoms with Crippen molar-refractivity contribution in [2.45, 2.75) is 40.2 Å². The van der Waals surface area contributed by atoms with Crippen LogP contribution in [-0.4, -0.2) is 38.8 Å². The van der Waals surface area contributed by atoms with E-state index in [-0.39, 0.29) is 5.91 Å². The number of aromatic nitrogens is 3. The van der Waals surface area contributed by atoms with Crippen LogP contribution in [0.1, 0.15) is 46.4 Å². The van der Waals surface area contributed by atoms with E-state index in [1.54, 1.807) is 6.33 Å². The number of piperidine rings is 1. The van der Waals surface area contributed by atoms with Crippen LogP contribution < -0.4 is 5.32 Å². The molecule has 0 radical (unpaired) electrons. The second-order valence-corrected chi connectivity index (χ2v) is 8.58. The molecule has 4 heterocycles. The van der Waals surface area contributed by atoms with Crippen molar-refractivity contribution in [2.75, 3.05) is 18.4 Å². The molecule has 1 amide bonds. The molecule has 7 heteroatoms. The Balaban J connectivity index is 1.62. The highest BCUT2D eigenvalue weighted by molar-refractivity contribution is 7.20. The summed E-state index contributed by atoms with van der Waals surface area (Å²) in [6, 6.07) is 5.97. The van der Waals surface area contributed by atoms with Gasteiger partial charge in [0.15, 0.2) is 0 Å². The smallest absolute Gasteiger partial charge is 0.264 e. The largest absolute Gasteiger partial charge is 0.364 e. The Morgan fingerprint density at radius 2 is 2.18 bits per heavy atom. The van der Waals surface area contributed by atoms with Crippen LogP contribution >= 0.6 is 11.3 Å². The van der Waals surface area contributed by atoms with Crippen molar-refractivity contribution >= 4 is 33.3 Å². The summed E-state index contributed by atoms with van der Waals surface area (Å²) in [5, 5.41) is 4.32. The SMILES string of the molecule is Cc1cccc(CNc2ncnc3sc(C(=O)N4CCC[C@H](C)C4)c(C)c23)n1. The van der Waals surface area contributed by atoms with Crippen molar-refractivity contribution in [3.8, 4) is 0 Å². The summed E-state index contributed by atoms with van der Waals surface area (Å²) in [7, 11) is 0. The van der Waals surface area contributed by atoms with Crippen LogP contribution in [0.15, 0.2) is 24.5 Å². The van der Waals surface area contributed by atoms with E-state index in [1.807, 2.05) is 36.9 Å². The first-order valence-corrected chi connectivity index (χ1v) is 10.5. The van der Waals surface area contributed by atoms with Crippen LogP contribution in [0, 0.1) is 19.8 Å². The number of rotatable bonds is 4. The molecule has 0 bridgehead atoms. The molecule has 0 unspecified atom stereocenters. The quantitative estimate of drug-likeness (QED) is 0.717. The first-order valence-electron chi connectivity index (χ1n) is 9.72. The van der Waals surface area contributed by atoms with Crippen LogP contribution in [0.4, 0.5) is 5.82 Å². The summed E-state index contributed by atoms with van der Waals surface area (Å²) in [5.74, 6) is 1.44. The Morgan fingerprint density at radius 3 is 2.96 bits per heavy atom. The van der Waals surface area contributed by atoms with Gasteiger partial charge in [-0.05, 0) is 50.3 Å². The summed E-state index contributed by atoms with van der Waals surface area (Å²) in [6.07, 6.45) is 3.83. The van der Waals surface area contributed by atoms with E-state index in [0.717, 1.165) is 57.4 Å². The molecule has 3 aromatic heterocycles. The third-order valence-corrected chi connectivity index (χ3v) is 6.44. The van der Waals surface area contributed by atoms with Crippen LogP contribution in [0.25, 0.3) is 10.2 Å². The van der Waals surface area contributed by atoms with E-state index < -0.39 is 0 Å². The van der Waals surface area contributed by atoms with E-state index in [9.17, 15) is 4.79 Å². The molecule has 1 aliphatic rings. The number of pyridine rings is 1. The number of aryl methyl sites for hydroxylation is 2. The maximum atomic E-state index is 13.1. The van der Waals surface area contributed by atoms with Gasteiger partial charge in [-0.3, -0.25) is 9.78 Å². The van der Waals surface area contributed by atoms with Gasteiger partial charge in [-0.2, -0.15) is 0 Å². The third-order valence-electron chi connectivity index (χ3n) is 5.25. The predicted molar refractivity (Wildman–Crippen MR) is 113 cm³/mol. The van der Waals surface area contributed by atoms with Gasteiger partial charge in [0.1, 0.15) is 17.0 Å². The normalized spacial score (nSPS) is 17.1. The van der Waals surface area contributed by atoms with Crippen molar-refractivity contribution in [3.05, 3.63) is 46.4 Å². The van der Waals surface area contributed by atoms with E-state index in [4.69, 9.17) is 0 Å². The van der Waals surface area contributed by atoms with Gasteiger partial charge < -0.3 is 10.2 Å². The zero-order valence-electron chi connectivity index (χ0n) is 16.5. The molecule has 1 N–H and O–H groups in total. The van der Waals surface area contributed by atoms with Crippen molar-refractivity contribution in [1.29, 1.82) is 0 Å². The minimum absolute atomic E-state index is 0.123. The molecule has 1 atom stereocenters. The van der Waals surface area contributed by atoms with Gasteiger partial charge in [0.05, 0.1) is 22.5 Å². The number of thiophene rings is 1. The fourth-order valence-electron chi connectivity index (χ4n) is 3.80. The molecule has 1 aliphatic heterocycles. The standard InChI is InChI=1S/C21H25N5OS/c1-13-6-5-9-26(11-13)21(27)18-15(3)17-19(23-12-24-20(17)28-18)22-10-16-8-4-7-14(2)25-16/h4,7-8,12-13H,5-6,9-11H2,1-3H3,(H,22,23,24)/t13-/m0/s1. The van der Waals surface area contributed by atoms with E-state index in [2.05, 4.69) is 27.2 Å². The van der Waals surface area contributed by atoms with E-state index in [1.165, 1.54) is 17.8 Å². The lowest BCUT2D eigenvalue weighted by Crippen LogP contribution is -2.38. The average Bonchev–Trinajstić information content (AvgIpc) is 3.03. The summed E-state index contributed by atoms with van der Waals surface area (Å²) in [5.41, 5.74) is 2.91. The first kappa shape index (κ1) is 18.8. The number of hydrogen-bond donors (Lipinski definition) is 1. The van der Waals surface area contributed by atoms with Gasteiger partial charge in [0.2, 0.25) is 0 Å². The number of fused-ring (bicyclic) bond motifs is 1. The molecule has 4 rings (SSSR count). The van der Waals surface area contributed by atoms with Crippen LogP contribution in [0.5, 0.6) is 0 Å². The van der Waals surface area contributed by atoms with Crippen molar-refractivity contribution in [1.82, 2.24) is 19.9 Å². The number of nitrogens with zero attached hydrogens (tertiary/aromatic N) is 4. The molecule has 3 aromatic rings. The van der Waals surface area contributed by atoms with Gasteiger partial charge in [0, 0.05) is 18.8 Å². The lowest BCUT2D eigenvalue weighted by atomic mass is 10.00. The average molecular weight is 396 g/mol. The highest BCUT2D eigenvalue weighted by Gasteiger charge is 2.26. The molecule has 28 heavy (non-hydrogen) atoms. The van der Waals surface area contributed by atoms with Crippen molar-refractivity contribution in [2.24, 2.45) is 5.92 Å². The molecule has 146 valence electrons. The predicted octanol–water partition coefficient (Wildman–Crippen LogP) is 4.19. The van der Waals surface area contributed by atoms with Gasteiger partial charge in [-0.1, -0.05) is 13.0 Å². The maximum Gasteiger partial charge on any atom is 0.264 e. The molecule has 1 saturated heterocycles. The summed E-state index contributed by atoms with van der Waals surface area (Å²) >= 11 is 1.47. The minimum Gasteiger partial charge on any atom is -0.364 e. The van der Waals surface area contributed by atoms with E-state index >= 15 is 0 Å². The first-order chi connectivity index (χ1) is 13.5. The highest BCUT2D eigenvalue weighted by Crippen LogP contribution is 2.34. The lowest BCUT2D eigenvalue weighted by Gasteiger charge is -2.30. The number of hydrogen-bond acceptors (Lipinski definition) is 6. The monoisotopic (exact) mass is 395 g/mol. The van der Waals surface area contributed by atoms with Gasteiger partial charge in [-0.15, -0.1) is 11.3 Å². The molecule has 0 saturated carbocycles. The summed E-state index contributed by atoms with van der Waals surface area (Å²) < 4.78 is 0. The molecular formula is C21H25N5OS. The van der Waals surface area contributed by atoms with E-state index in [0.29, 0.717) is 12.5 Å². The van der Waals surface area contributed by atoms with Crippen LogP contribution in [0.3, 0.4) is 0 Å². The minimum atomic E-state index is 0.123. The number of carbonyl (C=O) groups excluding carboxylic acids is 1. The Labute approximate surface area is 169 Å².